The molecule has 15 nitrogen and oxygen atoms in total. The van der Waals surface area contributed by atoms with Crippen LogP contribution in [0.3, 0.4) is 0 Å². The standard InChI is InChI=1S/C22H35NO4.C22H33NO3.C17H27NO2.C4H7BO.C4H8O2.CH3Cl.ClH/c1-22(2,3)27-21(25)23-13-12-19(15-24)18-10-7-11-20(14-18)26-16-17-8-5-4-6-9-17;1-17(13-14-23-21(24)26-22(2,3)4)19-11-8-12-20(15-19)25-16-18-9-6-5-7-10-18;18-10-9-16(12-19)15-7-4-8-17(11-15)20-13-14-5-2-1-3-6-14;5-4-2-1-3-6-4;1-3-6-4(2)5;1-2;/h7,10-11,14,17,19,24H,4-6,8-9,12-13,15-16H2,1-3H3,(H,23,25);8,11-12,15,18H,1,5-7,9-10,13-14,16H2,2-4H3,(H,23,24);4,7-8,11,14,16,19H,1-3,5-6,9-10,12-13,18H2;4H,1-3H2;3H2,1-2H3;1H3;1H. The van der Waals surface area contributed by atoms with Crippen LogP contribution in [0.15, 0.2) is 79.4 Å². The lowest BCUT2D eigenvalue weighted by molar-refractivity contribution is -0.140. The van der Waals surface area contributed by atoms with Gasteiger partial charge in [0.25, 0.3) is 0 Å². The lowest BCUT2D eigenvalue weighted by Gasteiger charge is -2.22. The predicted molar refractivity (Wildman–Crippen MR) is 362 cm³/mol. The monoisotopic (exact) mass is 1270 g/mol. The Morgan fingerprint density at radius 2 is 1.05 bits per heavy atom. The van der Waals surface area contributed by atoms with Crippen LogP contribution in [0, 0.1) is 17.8 Å². The van der Waals surface area contributed by atoms with E-state index in [4.69, 9.17) is 42.0 Å². The maximum absolute atomic E-state index is 11.7. The summed E-state index contributed by atoms with van der Waals surface area (Å²) in [6.07, 6.45) is 24.7. The summed E-state index contributed by atoms with van der Waals surface area (Å²) in [5.41, 5.74) is 8.79. The summed E-state index contributed by atoms with van der Waals surface area (Å²) in [4.78, 5) is 33.2. The van der Waals surface area contributed by atoms with Gasteiger partial charge < -0.3 is 59.7 Å². The quantitative estimate of drug-likeness (QED) is 0.0260. The van der Waals surface area contributed by atoms with E-state index in [1.807, 2.05) is 108 Å². The van der Waals surface area contributed by atoms with Gasteiger partial charge in [0, 0.05) is 64.1 Å². The van der Waals surface area contributed by atoms with Crippen LogP contribution >= 0.6 is 24.0 Å². The molecule has 3 aromatic rings. The highest BCUT2D eigenvalue weighted by atomic mass is 35.5. The van der Waals surface area contributed by atoms with Crippen LogP contribution in [-0.2, 0) is 23.7 Å². The average Bonchev–Trinajstić information content (AvgIpc) is 2.87. The number of carbonyl (C=O) groups excluding carboxylic acids is 3. The van der Waals surface area contributed by atoms with Crippen molar-refractivity contribution >= 4 is 55.6 Å². The Balaban J connectivity index is 0.000000594. The summed E-state index contributed by atoms with van der Waals surface area (Å²) in [5.74, 6) is 4.61. The number of halogens is 2. The molecule has 4 aliphatic rings. The Hall–Kier alpha value is -4.71. The largest absolute Gasteiger partial charge is 0.493 e. The number of alkyl halides is 1. The highest BCUT2D eigenvalue weighted by Gasteiger charge is 2.21. The van der Waals surface area contributed by atoms with Crippen molar-refractivity contribution in [2.24, 2.45) is 23.5 Å². The Morgan fingerprint density at radius 3 is 1.39 bits per heavy atom. The molecule has 3 unspecified atom stereocenters. The van der Waals surface area contributed by atoms with E-state index in [1.54, 1.807) is 6.92 Å². The van der Waals surface area contributed by atoms with E-state index in [1.165, 1.54) is 110 Å². The summed E-state index contributed by atoms with van der Waals surface area (Å²) in [7, 11) is 5.31. The van der Waals surface area contributed by atoms with Gasteiger partial charge in [-0.15, -0.1) is 24.0 Å². The van der Waals surface area contributed by atoms with Crippen molar-refractivity contribution in [3.63, 3.8) is 0 Å². The highest BCUT2D eigenvalue weighted by Crippen LogP contribution is 2.30. The zero-order valence-corrected chi connectivity index (χ0v) is 56.8. The molecule has 3 atom stereocenters. The number of hydrogen-bond donors (Lipinski definition) is 5. The van der Waals surface area contributed by atoms with Crippen molar-refractivity contribution in [1.29, 1.82) is 0 Å². The topological polar surface area (TPSA) is 206 Å². The van der Waals surface area contributed by atoms with E-state index < -0.39 is 23.4 Å². The van der Waals surface area contributed by atoms with Gasteiger partial charge >= 0.3 is 18.2 Å². The molecule has 18 heteroatoms. The highest BCUT2D eigenvalue weighted by molar-refractivity contribution is 6.15. The number of ether oxygens (including phenoxy) is 7. The lowest BCUT2D eigenvalue weighted by atomic mass is 9.90. The maximum atomic E-state index is 11.7. The normalized spacial score (nSPS) is 16.6. The number of amides is 2. The number of nitrogens with one attached hydrogen (secondary N) is 2. The molecule has 498 valence electrons. The van der Waals surface area contributed by atoms with E-state index >= 15 is 0 Å². The summed E-state index contributed by atoms with van der Waals surface area (Å²) in [6.45, 7) is 23.8. The zero-order valence-electron chi connectivity index (χ0n) is 55.2. The first-order chi connectivity index (χ1) is 41.7. The smallest absolute Gasteiger partial charge is 0.407 e. The average molecular weight is 1270 g/mol. The van der Waals surface area contributed by atoms with Crippen molar-refractivity contribution in [2.75, 3.05) is 72.3 Å². The number of aliphatic hydroxyl groups is 2. The third-order valence-corrected chi connectivity index (χ3v) is 15.1. The van der Waals surface area contributed by atoms with Crippen LogP contribution in [0.4, 0.5) is 9.59 Å². The maximum Gasteiger partial charge on any atom is 0.407 e. The van der Waals surface area contributed by atoms with E-state index in [0.717, 1.165) is 85.2 Å². The fourth-order valence-corrected chi connectivity index (χ4v) is 10.4. The molecule has 88 heavy (non-hydrogen) atoms. The third kappa shape index (κ3) is 39.4. The van der Waals surface area contributed by atoms with Gasteiger partial charge in [0.05, 0.1) is 26.4 Å². The first-order valence-electron chi connectivity index (χ1n) is 32.3. The lowest BCUT2D eigenvalue weighted by Crippen LogP contribution is -2.33. The van der Waals surface area contributed by atoms with Crippen molar-refractivity contribution in [1.82, 2.24) is 10.6 Å². The van der Waals surface area contributed by atoms with Gasteiger partial charge in [0.1, 0.15) is 36.3 Å². The number of nitrogens with two attached hydrogens (primary N) is 1. The minimum absolute atomic E-state index is 0. The van der Waals surface area contributed by atoms with Gasteiger partial charge in [-0.05, 0) is 202 Å². The van der Waals surface area contributed by atoms with E-state index in [0.29, 0.717) is 56.8 Å². The van der Waals surface area contributed by atoms with Gasteiger partial charge in [-0.1, -0.05) is 101 Å². The molecule has 3 saturated carbocycles. The summed E-state index contributed by atoms with van der Waals surface area (Å²) in [5, 5.41) is 24.7. The molecular formula is C70H114BCl2N3O12. The molecule has 0 aromatic heterocycles. The number of esters is 1. The zero-order chi connectivity index (χ0) is 64.3. The summed E-state index contributed by atoms with van der Waals surface area (Å²) in [6, 6.07) is 24.2. The minimum atomic E-state index is -0.509. The summed E-state index contributed by atoms with van der Waals surface area (Å²) >= 11 is 4.64. The van der Waals surface area contributed by atoms with Crippen molar-refractivity contribution in [3.05, 3.63) is 96.1 Å². The van der Waals surface area contributed by atoms with Gasteiger partial charge in [-0.2, -0.15) is 0 Å². The number of aliphatic hydroxyl groups excluding tert-OH is 2. The molecule has 2 amide bonds. The molecule has 3 aromatic carbocycles. The van der Waals surface area contributed by atoms with Crippen LogP contribution in [0.5, 0.6) is 17.2 Å². The van der Waals surface area contributed by atoms with Crippen LogP contribution in [-0.4, -0.2) is 126 Å². The SMILES string of the molecule is C=C(CCNC(=O)OC(C)(C)C)c1cccc(OCC2CCCCC2)c1.CC(C)(C)OC(=O)NCCC(CO)c1cccc(OCC2CCCCC2)c1.CCOC(C)=O.CCl.Cl.NCCC(CO)c1cccc(OCC2CCCCC2)c1.[B]C1CCCO1. The number of benzene rings is 3. The van der Waals surface area contributed by atoms with Gasteiger partial charge in [-0.25, -0.2) is 9.59 Å². The number of rotatable bonds is 23. The first kappa shape index (κ1) is 81.3. The molecule has 3 aliphatic carbocycles. The van der Waals surface area contributed by atoms with Crippen LogP contribution in [0.25, 0.3) is 5.57 Å². The van der Waals surface area contributed by atoms with Crippen molar-refractivity contribution in [2.45, 2.75) is 213 Å². The molecule has 1 heterocycles. The molecule has 0 spiro atoms. The van der Waals surface area contributed by atoms with Crippen molar-refractivity contribution in [3.8, 4) is 17.2 Å². The molecular weight excluding hydrogens is 1160 g/mol. The van der Waals surface area contributed by atoms with Gasteiger partial charge in [0.15, 0.2) is 0 Å². The van der Waals surface area contributed by atoms with Crippen LogP contribution in [0.1, 0.15) is 212 Å². The second-order valence-electron chi connectivity index (χ2n) is 24.9. The molecule has 0 bridgehead atoms. The molecule has 1 saturated heterocycles. The fourth-order valence-electron chi connectivity index (χ4n) is 10.4. The van der Waals surface area contributed by atoms with Crippen molar-refractivity contribution < 1.29 is 57.8 Å². The second kappa shape index (κ2) is 48.1. The molecule has 1 aliphatic heterocycles. The summed E-state index contributed by atoms with van der Waals surface area (Å²) < 4.78 is 37.8. The van der Waals surface area contributed by atoms with E-state index in [-0.39, 0.29) is 49.4 Å². The van der Waals surface area contributed by atoms with E-state index in [2.05, 4.69) is 39.6 Å². The number of alkyl carbamates (subject to hydrolysis) is 2. The second-order valence-corrected chi connectivity index (χ2v) is 24.9. The Kier molecular flexibility index (Phi) is 44.5. The minimum Gasteiger partial charge on any atom is -0.493 e. The Morgan fingerprint density at radius 1 is 0.636 bits per heavy atom. The molecule has 7 rings (SSSR count). The van der Waals surface area contributed by atoms with Gasteiger partial charge in [0.2, 0.25) is 0 Å². The predicted octanol–water partition coefficient (Wildman–Crippen LogP) is 15.4. The fraction of sp³-hybridized carbons (Fsp3) is 0.671. The van der Waals surface area contributed by atoms with E-state index in [9.17, 15) is 24.6 Å². The Labute approximate surface area is 543 Å². The third-order valence-electron chi connectivity index (χ3n) is 15.1. The first-order valence-corrected chi connectivity index (χ1v) is 33.1. The van der Waals surface area contributed by atoms with Crippen LogP contribution < -0.4 is 30.6 Å². The molecule has 4 fully saturated rings. The van der Waals surface area contributed by atoms with Crippen LogP contribution in [0.2, 0.25) is 0 Å². The molecule has 6 N–H and O–H groups in total. The Bertz CT molecular complexity index is 2290. The number of hydrogen-bond acceptors (Lipinski definition) is 13. The van der Waals surface area contributed by atoms with Gasteiger partial charge in [-0.3, -0.25) is 4.79 Å². The number of carbonyl (C=O) groups is 3. The molecule has 2 radical (unpaired) electrons.